The number of hydrogen-bond donors (Lipinski definition) is 4. The van der Waals surface area contributed by atoms with Gasteiger partial charge < -0.3 is 44.6 Å². The quantitative estimate of drug-likeness (QED) is 0.0889. The topological polar surface area (TPSA) is 189 Å². The first-order valence-corrected chi connectivity index (χ1v) is 23.2. The van der Waals surface area contributed by atoms with Crippen molar-refractivity contribution in [2.45, 2.75) is 122 Å². The van der Waals surface area contributed by atoms with Crippen LogP contribution in [0.3, 0.4) is 0 Å². The van der Waals surface area contributed by atoms with Crippen LogP contribution in [0.5, 0.6) is 5.75 Å². The van der Waals surface area contributed by atoms with E-state index >= 15 is 4.39 Å². The van der Waals surface area contributed by atoms with Crippen molar-refractivity contribution in [2.24, 2.45) is 11.8 Å². The van der Waals surface area contributed by atoms with Crippen molar-refractivity contribution in [3.8, 4) is 5.75 Å². The van der Waals surface area contributed by atoms with Crippen LogP contribution in [0.2, 0.25) is 0 Å². The normalized spacial score (nSPS) is 20.8. The molecule has 66 heavy (non-hydrogen) atoms. The Morgan fingerprint density at radius 1 is 0.758 bits per heavy atom. The van der Waals surface area contributed by atoms with Gasteiger partial charge in [0.15, 0.2) is 11.6 Å². The van der Waals surface area contributed by atoms with Crippen LogP contribution in [-0.2, 0) is 14.3 Å². The van der Waals surface area contributed by atoms with E-state index in [1.807, 2.05) is 59.7 Å². The number of anilines is 1. The maximum absolute atomic E-state index is 15.9. The second kappa shape index (κ2) is 18.8. The Morgan fingerprint density at radius 2 is 1.30 bits per heavy atom. The fourth-order valence-corrected chi connectivity index (χ4v) is 10.3. The molecule has 0 saturated carbocycles. The van der Waals surface area contributed by atoms with Crippen molar-refractivity contribution in [1.29, 1.82) is 0 Å². The molecular weight excluding hydrogens is 846 g/mol. The number of carbonyl (C=O) groups is 4. The van der Waals surface area contributed by atoms with Gasteiger partial charge in [-0.3, -0.25) is 14.5 Å². The highest BCUT2D eigenvalue weighted by Gasteiger charge is 2.41. The summed E-state index contributed by atoms with van der Waals surface area (Å²) < 4.78 is 26.5. The fourth-order valence-electron chi connectivity index (χ4n) is 10.3. The minimum absolute atomic E-state index is 0.146. The number of alkyl carbamates (subject to hydrolysis) is 1. The highest BCUT2D eigenvalue weighted by atomic mass is 19.1. The number of nitrogens with one attached hydrogen (secondary N) is 3. The van der Waals surface area contributed by atoms with Gasteiger partial charge in [-0.05, 0) is 112 Å². The van der Waals surface area contributed by atoms with Gasteiger partial charge in [0.2, 0.25) is 11.8 Å². The number of aromatic amines is 2. The van der Waals surface area contributed by atoms with Gasteiger partial charge in [0.05, 0.1) is 59.4 Å². The van der Waals surface area contributed by atoms with E-state index < -0.39 is 30.1 Å². The minimum Gasteiger partial charge on any atom is -0.488 e. The summed E-state index contributed by atoms with van der Waals surface area (Å²) in [6.07, 6.45) is 2.54. The van der Waals surface area contributed by atoms with Crippen molar-refractivity contribution in [1.82, 2.24) is 40.0 Å². The molecule has 0 radical (unpaired) electrons. The van der Waals surface area contributed by atoms with Crippen molar-refractivity contribution < 1.29 is 38.1 Å². The third-order valence-electron chi connectivity index (χ3n) is 13.5. The van der Waals surface area contributed by atoms with Gasteiger partial charge in [0.1, 0.15) is 23.7 Å². The van der Waals surface area contributed by atoms with Crippen LogP contribution >= 0.6 is 0 Å². The molecule has 3 fully saturated rings. The molecule has 8 rings (SSSR count). The molecule has 16 nitrogen and oxygen atoms in total. The fraction of sp³-hybridized carbons (Fsp3) is 0.510. The van der Waals surface area contributed by atoms with Gasteiger partial charge in [0, 0.05) is 31.9 Å². The summed E-state index contributed by atoms with van der Waals surface area (Å²) in [6.45, 7) is 12.3. The van der Waals surface area contributed by atoms with Crippen LogP contribution in [-0.4, -0.2) is 109 Å². The number of hydrogen-bond acceptors (Lipinski definition) is 9. The van der Waals surface area contributed by atoms with E-state index in [1.165, 1.54) is 14.2 Å². The molecule has 0 bridgehead atoms. The standard InChI is InChI=1S/C49H62FN9O7/c1-26(2)42(55-48(62)65-8)46(60)57-21-9-11-39(57)44-51-33-16-13-29(23-35(33)53-44)37-18-19-38(59(37)31-15-20-41(32(50)25-31)66-28(5)6)30-14-17-34-36(24-30)54-45(52-34)40-12-10-22-58(40)47(61)43(27(3)4)56(7)49(63)64/h13-17,20,23-28,37-40,42-43H,9-12,18-19,21-22H2,1-8H3,(H,51,53)(H,52,54)(H,55,62)(H,63,64)/t37-,38-,39+,40+,42+,43+/m1/s1. The molecular formula is C49H62FN9O7. The van der Waals surface area contributed by atoms with Gasteiger partial charge in [-0.25, -0.2) is 23.9 Å². The molecule has 6 atom stereocenters. The average molecular weight is 908 g/mol. The molecule has 0 spiro atoms. The zero-order chi connectivity index (χ0) is 47.1. The molecule has 4 N–H and O–H groups in total. The van der Waals surface area contributed by atoms with Crippen LogP contribution in [0.25, 0.3) is 22.1 Å². The molecule has 3 aliphatic rings. The van der Waals surface area contributed by atoms with Crippen LogP contribution in [0.1, 0.15) is 127 Å². The lowest BCUT2D eigenvalue weighted by Crippen LogP contribution is -2.51. The summed E-state index contributed by atoms with van der Waals surface area (Å²) in [6, 6.07) is 15.0. The SMILES string of the molecule is COC(=O)N[C@H](C(=O)N1CCC[C@H]1c1nc2ccc([C@H]3CC[C@H](c4ccc5nc([C@@H]6CCCN6C(=O)[C@H](C(C)C)N(C)C(=O)O)[nH]c5c4)N3c3ccc(OC(C)C)c(F)c3)cc2[nH]1)C(C)C. The van der Waals surface area contributed by atoms with Crippen molar-refractivity contribution >= 4 is 51.8 Å². The largest absolute Gasteiger partial charge is 0.488 e. The number of halogens is 1. The highest BCUT2D eigenvalue weighted by Crippen LogP contribution is 2.48. The number of aromatic nitrogens is 4. The zero-order valence-electron chi connectivity index (χ0n) is 39.0. The number of imidazole rings is 2. The summed E-state index contributed by atoms with van der Waals surface area (Å²) >= 11 is 0. The minimum atomic E-state index is -1.15. The monoisotopic (exact) mass is 907 g/mol. The average Bonchev–Trinajstić information content (AvgIpc) is 4.13. The van der Waals surface area contributed by atoms with E-state index in [4.69, 9.17) is 19.4 Å². The lowest BCUT2D eigenvalue weighted by Gasteiger charge is -2.33. The Kier molecular flexibility index (Phi) is 13.2. The molecule has 3 aliphatic heterocycles. The van der Waals surface area contributed by atoms with Crippen LogP contribution in [0.4, 0.5) is 19.7 Å². The molecule has 17 heteroatoms. The van der Waals surface area contributed by atoms with E-state index in [0.717, 1.165) is 70.2 Å². The maximum Gasteiger partial charge on any atom is 0.407 e. The first kappa shape index (κ1) is 46.2. The van der Waals surface area contributed by atoms with Crippen LogP contribution in [0, 0.1) is 17.7 Å². The first-order valence-electron chi connectivity index (χ1n) is 23.2. The van der Waals surface area contributed by atoms with Gasteiger partial charge in [-0.1, -0.05) is 39.8 Å². The van der Waals surface area contributed by atoms with Crippen LogP contribution in [0.15, 0.2) is 54.6 Å². The number of amides is 4. The zero-order valence-corrected chi connectivity index (χ0v) is 39.0. The molecule has 2 aromatic heterocycles. The summed E-state index contributed by atoms with van der Waals surface area (Å²) in [4.78, 5) is 75.8. The van der Waals surface area contributed by atoms with Crippen molar-refractivity contribution in [2.75, 3.05) is 32.1 Å². The smallest absolute Gasteiger partial charge is 0.407 e. The molecule has 3 saturated heterocycles. The maximum atomic E-state index is 15.9. The number of likely N-dealkylation sites (tertiary alicyclic amines) is 2. The lowest BCUT2D eigenvalue weighted by molar-refractivity contribution is -0.138. The molecule has 0 unspecified atom stereocenters. The summed E-state index contributed by atoms with van der Waals surface area (Å²) in [5.74, 6) is 0.305. The van der Waals surface area contributed by atoms with E-state index in [1.54, 1.807) is 21.9 Å². The van der Waals surface area contributed by atoms with Crippen molar-refractivity contribution in [3.63, 3.8) is 0 Å². The molecule has 0 aliphatic carbocycles. The second-order valence-electron chi connectivity index (χ2n) is 18.9. The first-order chi connectivity index (χ1) is 31.5. The summed E-state index contributed by atoms with van der Waals surface area (Å²) in [5, 5.41) is 12.5. The number of benzene rings is 3. The number of methoxy groups -OCH3 is 1. The van der Waals surface area contributed by atoms with Crippen LogP contribution < -0.4 is 15.0 Å². The molecule has 5 heterocycles. The van der Waals surface area contributed by atoms with E-state index in [-0.39, 0.29) is 59.7 Å². The third-order valence-corrected chi connectivity index (χ3v) is 13.5. The Hall–Kier alpha value is -6.39. The highest BCUT2D eigenvalue weighted by molar-refractivity contribution is 5.87. The lowest BCUT2D eigenvalue weighted by atomic mass is 10.0. The third kappa shape index (κ3) is 8.95. The van der Waals surface area contributed by atoms with Gasteiger partial charge in [-0.2, -0.15) is 0 Å². The number of nitrogens with zero attached hydrogens (tertiary/aromatic N) is 6. The predicted octanol–water partition coefficient (Wildman–Crippen LogP) is 8.79. The van der Waals surface area contributed by atoms with E-state index in [9.17, 15) is 24.3 Å². The number of likely N-dealkylation sites (N-methyl/N-ethyl adjacent to an activating group) is 1. The Morgan fingerprint density at radius 3 is 1.77 bits per heavy atom. The molecule has 4 amide bonds. The number of rotatable bonds is 13. The number of ether oxygens (including phenoxy) is 2. The predicted molar refractivity (Wildman–Crippen MR) is 248 cm³/mol. The summed E-state index contributed by atoms with van der Waals surface area (Å²) in [7, 11) is 2.72. The van der Waals surface area contributed by atoms with Gasteiger partial charge in [-0.15, -0.1) is 0 Å². The Labute approximate surface area is 384 Å². The van der Waals surface area contributed by atoms with E-state index in [0.29, 0.717) is 36.8 Å². The molecule has 352 valence electrons. The number of fused-ring (bicyclic) bond motifs is 2. The van der Waals surface area contributed by atoms with Gasteiger partial charge >= 0.3 is 12.2 Å². The number of carboxylic acid groups (broad SMARTS) is 1. The number of carbonyl (C=O) groups excluding carboxylic acids is 3. The Balaban J connectivity index is 1.10. The second-order valence-corrected chi connectivity index (χ2v) is 18.9. The molecule has 3 aromatic carbocycles. The number of H-pyrrole nitrogens is 2. The summed E-state index contributed by atoms with van der Waals surface area (Å²) in [5.41, 5.74) is 5.90. The Bertz CT molecular complexity index is 2610. The molecule has 5 aromatic rings. The van der Waals surface area contributed by atoms with E-state index in [2.05, 4.69) is 44.5 Å². The van der Waals surface area contributed by atoms with Crippen molar-refractivity contribution in [3.05, 3.63) is 83.2 Å². The van der Waals surface area contributed by atoms with Gasteiger partial charge in [0.25, 0.3) is 0 Å².